The van der Waals surface area contributed by atoms with Crippen molar-refractivity contribution in [2.45, 2.75) is 13.8 Å². The van der Waals surface area contributed by atoms with Crippen LogP contribution < -0.4 is 4.90 Å². The minimum atomic E-state index is -0.501. The predicted octanol–water partition coefficient (Wildman–Crippen LogP) is 1.94. The largest absolute Gasteiger partial charge is 0.363 e. The van der Waals surface area contributed by atoms with Crippen LogP contribution in [0, 0.1) is 5.82 Å². The van der Waals surface area contributed by atoms with Crippen LogP contribution in [0.25, 0.3) is 0 Å². The van der Waals surface area contributed by atoms with Crippen LogP contribution in [0.15, 0.2) is 18.2 Å². The average Bonchev–Trinajstić information content (AvgIpc) is 2.39. The van der Waals surface area contributed by atoms with E-state index in [1.807, 2.05) is 13.8 Å². The Morgan fingerprint density at radius 2 is 1.95 bits per heavy atom. The molecule has 0 fully saturated rings. The molecular formula is C14H19FN2O2. The minimum absolute atomic E-state index is 0.0497. The second-order valence-electron chi connectivity index (χ2n) is 4.25. The maximum absolute atomic E-state index is 13.8. The smallest absolute Gasteiger partial charge is 0.242 e. The highest BCUT2D eigenvalue weighted by molar-refractivity contribution is 5.82. The number of hydrogen-bond donors (Lipinski definition) is 0. The summed E-state index contributed by atoms with van der Waals surface area (Å²) in [5.74, 6) is -0.550. The van der Waals surface area contributed by atoms with Crippen molar-refractivity contribution >= 4 is 17.9 Å². The Labute approximate surface area is 112 Å². The van der Waals surface area contributed by atoms with Crippen LogP contribution >= 0.6 is 0 Å². The van der Waals surface area contributed by atoms with Gasteiger partial charge in [0.25, 0.3) is 0 Å². The fourth-order valence-corrected chi connectivity index (χ4v) is 1.87. The lowest BCUT2D eigenvalue weighted by molar-refractivity contribution is -0.129. The van der Waals surface area contributed by atoms with E-state index in [0.717, 1.165) is 0 Å². The zero-order chi connectivity index (χ0) is 14.4. The van der Waals surface area contributed by atoms with Gasteiger partial charge in [-0.25, -0.2) is 4.39 Å². The van der Waals surface area contributed by atoms with Gasteiger partial charge in [0, 0.05) is 25.7 Å². The van der Waals surface area contributed by atoms with Crippen LogP contribution in [-0.2, 0) is 4.79 Å². The molecule has 1 rings (SSSR count). The van der Waals surface area contributed by atoms with Gasteiger partial charge in [0.1, 0.15) is 12.1 Å². The van der Waals surface area contributed by atoms with E-state index in [0.29, 0.717) is 25.1 Å². The second kappa shape index (κ2) is 6.87. The molecule has 0 saturated carbocycles. The van der Waals surface area contributed by atoms with Crippen molar-refractivity contribution in [1.82, 2.24) is 4.90 Å². The van der Waals surface area contributed by atoms with Crippen molar-refractivity contribution in [2.75, 3.05) is 31.6 Å². The lowest BCUT2D eigenvalue weighted by atomic mass is 10.2. The van der Waals surface area contributed by atoms with Crippen LogP contribution in [-0.4, -0.2) is 43.8 Å². The summed E-state index contributed by atoms with van der Waals surface area (Å²) in [5, 5.41) is 0. The van der Waals surface area contributed by atoms with Crippen LogP contribution in [0.2, 0.25) is 0 Å². The fraction of sp³-hybridized carbons (Fsp3) is 0.429. The molecule has 1 aromatic carbocycles. The molecule has 0 saturated heterocycles. The van der Waals surface area contributed by atoms with E-state index in [1.54, 1.807) is 16.8 Å². The predicted molar refractivity (Wildman–Crippen MR) is 73.0 cm³/mol. The molecule has 0 aliphatic carbocycles. The molecule has 0 unspecified atom stereocenters. The molecule has 0 heterocycles. The van der Waals surface area contributed by atoms with Gasteiger partial charge in [-0.2, -0.15) is 0 Å². The number of carbonyl (C=O) groups is 2. The van der Waals surface area contributed by atoms with Crippen molar-refractivity contribution in [3.63, 3.8) is 0 Å². The van der Waals surface area contributed by atoms with Crippen LogP contribution in [0.1, 0.15) is 24.2 Å². The molecule has 0 aromatic heterocycles. The number of aldehydes is 1. The van der Waals surface area contributed by atoms with Gasteiger partial charge in [-0.05, 0) is 32.0 Å². The molecule has 1 aromatic rings. The van der Waals surface area contributed by atoms with E-state index < -0.39 is 5.82 Å². The molecule has 1 amide bonds. The number of halogens is 1. The number of likely N-dealkylation sites (N-methyl/N-ethyl adjacent to an activating group) is 2. The highest BCUT2D eigenvalue weighted by Crippen LogP contribution is 2.18. The minimum Gasteiger partial charge on any atom is -0.363 e. The van der Waals surface area contributed by atoms with Crippen LogP contribution in [0.4, 0.5) is 10.1 Å². The Morgan fingerprint density at radius 3 is 2.42 bits per heavy atom. The van der Waals surface area contributed by atoms with Gasteiger partial charge < -0.3 is 9.80 Å². The molecule has 0 spiro atoms. The summed E-state index contributed by atoms with van der Waals surface area (Å²) in [5.41, 5.74) is 0.593. The molecule has 0 atom stereocenters. The second-order valence-corrected chi connectivity index (χ2v) is 4.25. The van der Waals surface area contributed by atoms with Crippen molar-refractivity contribution in [3.8, 4) is 0 Å². The van der Waals surface area contributed by atoms with E-state index in [-0.39, 0.29) is 18.0 Å². The van der Waals surface area contributed by atoms with Gasteiger partial charge in [0.05, 0.1) is 12.2 Å². The van der Waals surface area contributed by atoms with Gasteiger partial charge in [-0.3, -0.25) is 9.59 Å². The molecule has 0 bridgehead atoms. The normalized spacial score (nSPS) is 10.1. The van der Waals surface area contributed by atoms with Crippen molar-refractivity contribution in [2.24, 2.45) is 0 Å². The van der Waals surface area contributed by atoms with Crippen molar-refractivity contribution in [3.05, 3.63) is 29.6 Å². The molecule has 4 nitrogen and oxygen atoms in total. The van der Waals surface area contributed by atoms with E-state index in [4.69, 9.17) is 0 Å². The summed E-state index contributed by atoms with van der Waals surface area (Å²) >= 11 is 0. The number of rotatable bonds is 6. The Kier molecular flexibility index (Phi) is 5.48. The summed E-state index contributed by atoms with van der Waals surface area (Å²) in [6.07, 6.45) is 0.591. The number of hydrogen-bond acceptors (Lipinski definition) is 3. The maximum atomic E-state index is 13.8. The number of anilines is 1. The molecule has 0 aliphatic rings. The number of nitrogens with zero attached hydrogens (tertiary/aromatic N) is 2. The molecule has 5 heteroatoms. The van der Waals surface area contributed by atoms with E-state index >= 15 is 0 Å². The van der Waals surface area contributed by atoms with Gasteiger partial charge in [-0.1, -0.05) is 0 Å². The molecular weight excluding hydrogens is 247 g/mol. The maximum Gasteiger partial charge on any atom is 0.242 e. The van der Waals surface area contributed by atoms with Crippen molar-refractivity contribution in [1.29, 1.82) is 0 Å². The third kappa shape index (κ3) is 3.77. The zero-order valence-electron chi connectivity index (χ0n) is 11.5. The quantitative estimate of drug-likeness (QED) is 0.739. The topological polar surface area (TPSA) is 40.6 Å². The Balaban J connectivity index is 2.80. The third-order valence-electron chi connectivity index (χ3n) is 3.01. The lowest BCUT2D eigenvalue weighted by Crippen LogP contribution is -2.39. The highest BCUT2D eigenvalue weighted by Gasteiger charge is 2.15. The SMILES string of the molecule is CCN(CC)C(=O)CN(C)c1ccc(C=O)cc1F. The first-order valence-electron chi connectivity index (χ1n) is 6.27. The van der Waals surface area contributed by atoms with E-state index in [1.165, 1.54) is 18.2 Å². The van der Waals surface area contributed by atoms with Gasteiger partial charge in [0.15, 0.2) is 0 Å². The first-order valence-corrected chi connectivity index (χ1v) is 6.27. The fourth-order valence-electron chi connectivity index (χ4n) is 1.87. The first kappa shape index (κ1) is 15.1. The van der Waals surface area contributed by atoms with E-state index in [9.17, 15) is 14.0 Å². The summed E-state index contributed by atoms with van der Waals surface area (Å²) in [4.78, 5) is 25.7. The molecule has 19 heavy (non-hydrogen) atoms. The first-order chi connectivity index (χ1) is 9.03. The Hall–Kier alpha value is -1.91. The highest BCUT2D eigenvalue weighted by atomic mass is 19.1. The molecule has 104 valence electrons. The number of benzene rings is 1. The third-order valence-corrected chi connectivity index (χ3v) is 3.01. The monoisotopic (exact) mass is 266 g/mol. The number of carbonyl (C=O) groups excluding carboxylic acids is 2. The molecule has 0 aliphatic heterocycles. The Morgan fingerprint density at radius 1 is 1.32 bits per heavy atom. The molecule has 0 N–H and O–H groups in total. The van der Waals surface area contributed by atoms with Crippen LogP contribution in [0.5, 0.6) is 0 Å². The Bertz CT molecular complexity index is 459. The van der Waals surface area contributed by atoms with Gasteiger partial charge in [-0.15, -0.1) is 0 Å². The average molecular weight is 266 g/mol. The molecule has 0 radical (unpaired) electrons. The van der Waals surface area contributed by atoms with Crippen molar-refractivity contribution < 1.29 is 14.0 Å². The summed E-state index contributed by atoms with van der Waals surface area (Å²) < 4.78 is 13.8. The summed E-state index contributed by atoms with van der Waals surface area (Å²) in [6.45, 7) is 5.19. The lowest BCUT2D eigenvalue weighted by Gasteiger charge is -2.24. The zero-order valence-corrected chi connectivity index (χ0v) is 11.5. The van der Waals surface area contributed by atoms with Gasteiger partial charge in [0.2, 0.25) is 5.91 Å². The summed E-state index contributed by atoms with van der Waals surface area (Å²) in [7, 11) is 1.65. The standard InChI is InChI=1S/C14H19FN2O2/c1-4-17(5-2)14(19)9-16(3)13-7-6-11(10-18)8-12(13)15/h6-8,10H,4-5,9H2,1-3H3. The van der Waals surface area contributed by atoms with E-state index in [2.05, 4.69) is 0 Å². The van der Waals surface area contributed by atoms with Gasteiger partial charge >= 0.3 is 0 Å². The van der Waals surface area contributed by atoms with Crippen LogP contribution in [0.3, 0.4) is 0 Å². The number of amides is 1. The summed E-state index contributed by atoms with van der Waals surface area (Å²) in [6, 6.07) is 4.21.